The van der Waals surface area contributed by atoms with E-state index in [1.165, 1.54) is 0 Å². The van der Waals surface area contributed by atoms with Gasteiger partial charge in [0.05, 0.1) is 11.8 Å². The normalized spacial score (nSPS) is 18.4. The number of rotatable bonds is 4. The van der Waals surface area contributed by atoms with Crippen LogP contribution >= 0.6 is 11.3 Å². The van der Waals surface area contributed by atoms with Crippen molar-refractivity contribution in [3.8, 4) is 0 Å². The molecule has 6 nitrogen and oxygen atoms in total. The lowest BCUT2D eigenvalue weighted by Gasteiger charge is -2.24. The van der Waals surface area contributed by atoms with E-state index < -0.39 is 0 Å². The first-order chi connectivity index (χ1) is 9.74. The summed E-state index contributed by atoms with van der Waals surface area (Å²) in [4.78, 5) is 18.7. The largest absolute Gasteiger partial charge is 0.350 e. The predicted octanol–water partition coefficient (Wildman–Crippen LogP) is 1.28. The Kier molecular flexibility index (Phi) is 3.68. The number of aromatic nitrogens is 3. The maximum absolute atomic E-state index is 12.0. The molecule has 0 aliphatic carbocycles. The van der Waals surface area contributed by atoms with Gasteiger partial charge in [-0.1, -0.05) is 0 Å². The number of amides is 1. The molecule has 1 aliphatic rings. The Labute approximate surface area is 121 Å². The van der Waals surface area contributed by atoms with Crippen LogP contribution in [0.4, 0.5) is 5.13 Å². The number of hydrogen-bond donors (Lipinski definition) is 1. The first kappa shape index (κ1) is 13.1. The van der Waals surface area contributed by atoms with Crippen LogP contribution in [0.5, 0.6) is 0 Å². The maximum atomic E-state index is 12.0. The van der Waals surface area contributed by atoms with Gasteiger partial charge in [-0.05, 0) is 12.8 Å². The van der Waals surface area contributed by atoms with Crippen molar-refractivity contribution in [2.45, 2.75) is 18.9 Å². The summed E-state index contributed by atoms with van der Waals surface area (Å²) in [6.07, 6.45) is 7.37. The van der Waals surface area contributed by atoms with E-state index in [1.54, 1.807) is 35.5 Å². The minimum atomic E-state index is -0.0657. The highest BCUT2D eigenvalue weighted by molar-refractivity contribution is 7.13. The smallest absolute Gasteiger partial charge is 0.254 e. The van der Waals surface area contributed by atoms with Crippen LogP contribution in [0, 0.1) is 0 Å². The number of carbonyl (C=O) groups excluding carboxylic acids is 1. The third-order valence-electron chi connectivity index (χ3n) is 3.51. The number of aryl methyl sites for hydroxylation is 1. The van der Waals surface area contributed by atoms with Crippen LogP contribution in [0.15, 0.2) is 24.0 Å². The zero-order valence-corrected chi connectivity index (χ0v) is 12.1. The molecule has 2 aromatic heterocycles. The summed E-state index contributed by atoms with van der Waals surface area (Å²) in [7, 11) is 1.80. The summed E-state index contributed by atoms with van der Waals surface area (Å²) >= 11 is 1.65. The average Bonchev–Trinajstić information content (AvgIpc) is 3.16. The standard InChI is InChI=1S/C13H17N5OS/c1-17-9-10(7-16-17)12(19)15-8-11-3-2-5-18(11)13-14-4-6-20-13/h4,6-7,9,11H,2-3,5,8H2,1H3,(H,15,19). The van der Waals surface area contributed by atoms with Crippen molar-refractivity contribution in [1.29, 1.82) is 0 Å². The molecule has 1 atom stereocenters. The van der Waals surface area contributed by atoms with Crippen molar-refractivity contribution in [1.82, 2.24) is 20.1 Å². The van der Waals surface area contributed by atoms with Gasteiger partial charge in [0, 0.05) is 44.0 Å². The van der Waals surface area contributed by atoms with Gasteiger partial charge in [-0.25, -0.2) is 4.98 Å². The molecule has 20 heavy (non-hydrogen) atoms. The molecule has 7 heteroatoms. The van der Waals surface area contributed by atoms with E-state index in [0.717, 1.165) is 24.5 Å². The van der Waals surface area contributed by atoms with Crippen molar-refractivity contribution in [3.63, 3.8) is 0 Å². The molecular weight excluding hydrogens is 274 g/mol. The quantitative estimate of drug-likeness (QED) is 0.921. The number of nitrogens with one attached hydrogen (secondary N) is 1. The van der Waals surface area contributed by atoms with Gasteiger partial charge in [0.15, 0.2) is 5.13 Å². The monoisotopic (exact) mass is 291 g/mol. The van der Waals surface area contributed by atoms with E-state index in [9.17, 15) is 4.79 Å². The van der Waals surface area contributed by atoms with E-state index in [1.807, 2.05) is 11.6 Å². The van der Waals surface area contributed by atoms with Crippen LogP contribution in [0.1, 0.15) is 23.2 Å². The molecule has 1 N–H and O–H groups in total. The van der Waals surface area contributed by atoms with Gasteiger partial charge in [-0.2, -0.15) is 5.10 Å². The molecule has 106 valence electrons. The van der Waals surface area contributed by atoms with Gasteiger partial charge in [0.25, 0.3) is 5.91 Å². The fourth-order valence-corrected chi connectivity index (χ4v) is 3.25. The molecule has 2 aromatic rings. The van der Waals surface area contributed by atoms with E-state index in [-0.39, 0.29) is 5.91 Å². The van der Waals surface area contributed by atoms with Crippen LogP contribution < -0.4 is 10.2 Å². The Balaban J connectivity index is 1.59. The molecular formula is C13H17N5OS. The van der Waals surface area contributed by atoms with Crippen LogP contribution in [0.25, 0.3) is 0 Å². The fourth-order valence-electron chi connectivity index (χ4n) is 2.51. The highest BCUT2D eigenvalue weighted by atomic mass is 32.1. The number of thiazole rings is 1. The highest BCUT2D eigenvalue weighted by Gasteiger charge is 2.26. The lowest BCUT2D eigenvalue weighted by atomic mass is 10.2. The first-order valence-electron chi connectivity index (χ1n) is 6.67. The van der Waals surface area contributed by atoms with Gasteiger partial charge in [0.1, 0.15) is 0 Å². The van der Waals surface area contributed by atoms with Crippen molar-refractivity contribution < 1.29 is 4.79 Å². The van der Waals surface area contributed by atoms with Crippen LogP contribution in [-0.2, 0) is 7.05 Å². The molecule has 0 aromatic carbocycles. The third kappa shape index (κ3) is 2.67. The van der Waals surface area contributed by atoms with Crippen LogP contribution in [0.2, 0.25) is 0 Å². The summed E-state index contributed by atoms with van der Waals surface area (Å²) in [6, 6.07) is 0.335. The second-order valence-electron chi connectivity index (χ2n) is 4.92. The zero-order chi connectivity index (χ0) is 13.9. The van der Waals surface area contributed by atoms with E-state index >= 15 is 0 Å². The van der Waals surface area contributed by atoms with Crippen molar-refractivity contribution in [2.24, 2.45) is 7.05 Å². The van der Waals surface area contributed by atoms with Gasteiger partial charge in [0.2, 0.25) is 0 Å². The molecule has 1 amide bonds. The van der Waals surface area contributed by atoms with E-state index in [0.29, 0.717) is 18.2 Å². The van der Waals surface area contributed by atoms with Gasteiger partial charge in [-0.15, -0.1) is 11.3 Å². The Hall–Kier alpha value is -1.89. The van der Waals surface area contributed by atoms with E-state index in [4.69, 9.17) is 0 Å². The molecule has 3 heterocycles. The summed E-state index contributed by atoms with van der Waals surface area (Å²) in [5.41, 5.74) is 0.603. The SMILES string of the molecule is Cn1cc(C(=O)NCC2CCCN2c2nccs2)cn1. The first-order valence-corrected chi connectivity index (χ1v) is 7.55. The zero-order valence-electron chi connectivity index (χ0n) is 11.3. The Morgan fingerprint density at radius 2 is 2.50 bits per heavy atom. The lowest BCUT2D eigenvalue weighted by Crippen LogP contribution is -2.40. The lowest BCUT2D eigenvalue weighted by molar-refractivity contribution is 0.0951. The van der Waals surface area contributed by atoms with Crippen LogP contribution in [0.3, 0.4) is 0 Å². The maximum Gasteiger partial charge on any atom is 0.254 e. The molecule has 1 saturated heterocycles. The minimum absolute atomic E-state index is 0.0657. The van der Waals surface area contributed by atoms with Crippen molar-refractivity contribution in [2.75, 3.05) is 18.0 Å². The second-order valence-corrected chi connectivity index (χ2v) is 5.79. The average molecular weight is 291 g/mol. The van der Waals surface area contributed by atoms with E-state index in [2.05, 4.69) is 20.3 Å². The molecule has 0 bridgehead atoms. The fraction of sp³-hybridized carbons (Fsp3) is 0.462. The molecule has 1 fully saturated rings. The topological polar surface area (TPSA) is 63.1 Å². The third-order valence-corrected chi connectivity index (χ3v) is 4.32. The minimum Gasteiger partial charge on any atom is -0.350 e. The predicted molar refractivity (Wildman–Crippen MR) is 78.0 cm³/mol. The molecule has 0 spiro atoms. The van der Waals surface area contributed by atoms with Crippen molar-refractivity contribution in [3.05, 3.63) is 29.5 Å². The molecule has 0 radical (unpaired) electrons. The second kappa shape index (κ2) is 5.62. The van der Waals surface area contributed by atoms with Crippen LogP contribution in [-0.4, -0.2) is 39.8 Å². The number of anilines is 1. The summed E-state index contributed by atoms with van der Waals surface area (Å²) in [6.45, 7) is 1.66. The van der Waals surface area contributed by atoms with Gasteiger partial charge >= 0.3 is 0 Å². The highest BCUT2D eigenvalue weighted by Crippen LogP contribution is 2.26. The van der Waals surface area contributed by atoms with Gasteiger partial charge < -0.3 is 10.2 Å². The number of hydrogen-bond acceptors (Lipinski definition) is 5. The summed E-state index contributed by atoms with van der Waals surface area (Å²) in [5, 5.41) is 10.0. The molecule has 0 saturated carbocycles. The number of nitrogens with zero attached hydrogens (tertiary/aromatic N) is 4. The summed E-state index contributed by atoms with van der Waals surface area (Å²) < 4.78 is 1.63. The molecule has 1 aliphatic heterocycles. The Morgan fingerprint density at radius 1 is 1.60 bits per heavy atom. The molecule has 1 unspecified atom stereocenters. The van der Waals surface area contributed by atoms with Gasteiger partial charge in [-0.3, -0.25) is 9.48 Å². The number of carbonyl (C=O) groups is 1. The van der Waals surface area contributed by atoms with Crippen molar-refractivity contribution >= 4 is 22.4 Å². The Morgan fingerprint density at radius 3 is 3.20 bits per heavy atom. The Bertz CT molecular complexity index is 579. The molecule has 3 rings (SSSR count). The summed E-state index contributed by atoms with van der Waals surface area (Å²) in [5.74, 6) is -0.0657.